The van der Waals surface area contributed by atoms with Crippen LogP contribution in [0.5, 0.6) is 0 Å². The minimum absolute atomic E-state index is 0.0572. The fourth-order valence-corrected chi connectivity index (χ4v) is 3.96. The van der Waals surface area contributed by atoms with Gasteiger partial charge in [0.05, 0.1) is 32.8 Å². The fraction of sp³-hybridized carbons (Fsp3) is 0.920. The molecule has 2 atom stereocenters. The van der Waals surface area contributed by atoms with Crippen molar-refractivity contribution in [2.24, 2.45) is 0 Å². The average molecular weight is 460 g/mol. The van der Waals surface area contributed by atoms with Crippen molar-refractivity contribution in [1.29, 1.82) is 0 Å². The van der Waals surface area contributed by atoms with Gasteiger partial charge in [0, 0.05) is 19.4 Å². The third kappa shape index (κ3) is 19.5. The van der Waals surface area contributed by atoms with E-state index in [2.05, 4.69) is 12.2 Å². The van der Waals surface area contributed by atoms with E-state index in [1.54, 1.807) is 0 Å². The maximum absolute atomic E-state index is 11.9. The van der Waals surface area contributed by atoms with Crippen LogP contribution >= 0.6 is 0 Å². The van der Waals surface area contributed by atoms with Crippen molar-refractivity contribution in [3.63, 3.8) is 0 Å². The lowest BCUT2D eigenvalue weighted by atomic mass is 9.99. The maximum atomic E-state index is 11.9. The average Bonchev–Trinajstić information content (AvgIpc) is 2.71. The van der Waals surface area contributed by atoms with Crippen molar-refractivity contribution in [2.45, 2.75) is 115 Å². The Morgan fingerprint density at radius 2 is 1.28 bits per heavy atom. The van der Waals surface area contributed by atoms with Crippen molar-refractivity contribution in [2.75, 3.05) is 33.7 Å². The van der Waals surface area contributed by atoms with Gasteiger partial charge in [-0.05, 0) is 19.3 Å². The van der Waals surface area contributed by atoms with Gasteiger partial charge in [0.25, 0.3) is 0 Å². The Bertz CT molecular complexity index is 485. The van der Waals surface area contributed by atoms with Gasteiger partial charge < -0.3 is 25.1 Å². The number of carboxylic acid groups (broad SMARTS) is 1. The summed E-state index contributed by atoms with van der Waals surface area (Å²) < 4.78 is 0.413. The molecule has 0 aromatic carbocycles. The van der Waals surface area contributed by atoms with E-state index in [1.165, 1.54) is 25.7 Å². The van der Waals surface area contributed by atoms with E-state index in [0.29, 0.717) is 36.8 Å². The molecular formula is C25H51N2O5+. The number of quaternary nitrogens is 1. The van der Waals surface area contributed by atoms with E-state index in [4.69, 9.17) is 5.11 Å². The van der Waals surface area contributed by atoms with Gasteiger partial charge in [-0.15, -0.1) is 0 Å². The molecule has 1 amide bonds. The van der Waals surface area contributed by atoms with Gasteiger partial charge in [0.1, 0.15) is 0 Å². The number of hydrogen-bond acceptors (Lipinski definition) is 4. The van der Waals surface area contributed by atoms with E-state index < -0.39 is 18.2 Å². The highest BCUT2D eigenvalue weighted by Gasteiger charge is 2.18. The van der Waals surface area contributed by atoms with Gasteiger partial charge in [-0.3, -0.25) is 4.79 Å². The van der Waals surface area contributed by atoms with Crippen molar-refractivity contribution in [3.05, 3.63) is 0 Å². The van der Waals surface area contributed by atoms with Crippen LogP contribution in [0.15, 0.2) is 0 Å². The van der Waals surface area contributed by atoms with E-state index in [0.717, 1.165) is 51.4 Å². The summed E-state index contributed by atoms with van der Waals surface area (Å²) in [6.07, 6.45) is 13.4. The molecule has 190 valence electrons. The minimum Gasteiger partial charge on any atom is -0.477 e. The second-order valence-electron chi connectivity index (χ2n) is 9.91. The number of likely N-dealkylation sites (N-methyl/N-ethyl adjacent to an activating group) is 1. The number of aliphatic hydroxyl groups excluding tert-OH is 2. The van der Waals surface area contributed by atoms with Crippen LogP contribution in [0.25, 0.3) is 0 Å². The predicted molar refractivity (Wildman–Crippen MR) is 129 cm³/mol. The molecule has 0 aliphatic rings. The molecule has 7 nitrogen and oxygen atoms in total. The number of aliphatic carboxylic acids is 1. The van der Waals surface area contributed by atoms with Gasteiger partial charge >= 0.3 is 5.97 Å². The van der Waals surface area contributed by atoms with Gasteiger partial charge in [0.2, 0.25) is 5.91 Å². The molecule has 0 heterocycles. The first-order chi connectivity index (χ1) is 15.2. The van der Waals surface area contributed by atoms with Gasteiger partial charge in [-0.1, -0.05) is 71.1 Å². The molecule has 32 heavy (non-hydrogen) atoms. The van der Waals surface area contributed by atoms with E-state index in [9.17, 15) is 19.8 Å². The summed E-state index contributed by atoms with van der Waals surface area (Å²) in [6.45, 7) is 3.59. The van der Waals surface area contributed by atoms with Crippen LogP contribution in [0.1, 0.15) is 103 Å². The van der Waals surface area contributed by atoms with Crippen molar-refractivity contribution < 1.29 is 29.4 Å². The summed E-state index contributed by atoms with van der Waals surface area (Å²) in [4.78, 5) is 22.7. The molecule has 0 spiro atoms. The van der Waals surface area contributed by atoms with Crippen molar-refractivity contribution in [1.82, 2.24) is 5.32 Å². The van der Waals surface area contributed by atoms with Crippen molar-refractivity contribution in [3.8, 4) is 0 Å². The third-order valence-electron chi connectivity index (χ3n) is 6.03. The molecule has 4 N–H and O–H groups in total. The lowest BCUT2D eigenvalue weighted by molar-refractivity contribution is -0.883. The molecule has 0 radical (unpaired) electrons. The standard InChI is InChI=1S/C25H50N2O5/c1-4-5-6-7-9-12-16-22(28)23(29)17-13-10-8-11-14-18-24(30)26-19-15-20-27(2,3)21-25(31)32/h22-23,28-29H,4-21H2,1-3H3,(H-,26,30,31,32)/p+1. The maximum Gasteiger partial charge on any atom is 0.359 e. The van der Waals surface area contributed by atoms with Gasteiger partial charge in [-0.2, -0.15) is 0 Å². The van der Waals surface area contributed by atoms with Crippen LogP contribution in [0, 0.1) is 0 Å². The first-order valence-corrected chi connectivity index (χ1v) is 12.8. The normalized spacial score (nSPS) is 13.7. The Morgan fingerprint density at radius 1 is 0.781 bits per heavy atom. The monoisotopic (exact) mass is 459 g/mol. The number of carbonyl (C=O) groups is 2. The summed E-state index contributed by atoms with van der Waals surface area (Å²) in [5.74, 6) is -0.750. The van der Waals surface area contributed by atoms with Crippen LogP contribution in [-0.2, 0) is 9.59 Å². The zero-order chi connectivity index (χ0) is 24.2. The highest BCUT2D eigenvalue weighted by atomic mass is 16.4. The minimum atomic E-state index is -0.808. The van der Waals surface area contributed by atoms with E-state index in [1.807, 2.05) is 14.1 Å². The molecule has 0 aliphatic carbocycles. The molecule has 0 saturated carbocycles. The molecular weight excluding hydrogens is 408 g/mol. The number of carbonyl (C=O) groups excluding carboxylic acids is 1. The zero-order valence-electron chi connectivity index (χ0n) is 21.0. The number of unbranched alkanes of at least 4 members (excludes halogenated alkanes) is 9. The van der Waals surface area contributed by atoms with Gasteiger partial charge in [-0.25, -0.2) is 4.79 Å². The van der Waals surface area contributed by atoms with Crippen LogP contribution < -0.4 is 5.32 Å². The number of aliphatic hydroxyl groups is 2. The fourth-order valence-electron chi connectivity index (χ4n) is 3.96. The molecule has 0 aliphatic heterocycles. The largest absolute Gasteiger partial charge is 0.477 e. The number of carboxylic acids is 1. The number of rotatable bonds is 22. The Balaban J connectivity index is 3.56. The van der Waals surface area contributed by atoms with Crippen molar-refractivity contribution >= 4 is 11.9 Å². The quantitative estimate of drug-likeness (QED) is 0.145. The summed E-state index contributed by atoms with van der Waals surface area (Å²) in [6, 6.07) is 0. The van der Waals surface area contributed by atoms with Crippen LogP contribution in [0.3, 0.4) is 0 Å². The smallest absolute Gasteiger partial charge is 0.359 e. The molecule has 0 aromatic heterocycles. The third-order valence-corrected chi connectivity index (χ3v) is 6.03. The number of nitrogens with zero attached hydrogens (tertiary/aromatic N) is 1. The van der Waals surface area contributed by atoms with Gasteiger partial charge in [0.15, 0.2) is 6.54 Å². The Morgan fingerprint density at radius 3 is 1.81 bits per heavy atom. The van der Waals surface area contributed by atoms with Crippen LogP contribution in [0.2, 0.25) is 0 Å². The SMILES string of the molecule is CCCCCCCCC(O)C(O)CCCCCCCC(=O)NCCC[N+](C)(C)CC(=O)O. The topological polar surface area (TPSA) is 107 Å². The predicted octanol–water partition coefficient (Wildman–Crippen LogP) is 3.86. The van der Waals surface area contributed by atoms with E-state index >= 15 is 0 Å². The molecule has 0 rings (SSSR count). The Hall–Kier alpha value is -1.18. The van der Waals surface area contributed by atoms with Crippen LogP contribution in [0.4, 0.5) is 0 Å². The molecule has 7 heteroatoms. The lowest BCUT2D eigenvalue weighted by Gasteiger charge is -2.27. The summed E-state index contributed by atoms with van der Waals surface area (Å²) >= 11 is 0. The second kappa shape index (κ2) is 19.3. The Labute approximate surface area is 196 Å². The van der Waals surface area contributed by atoms with Crippen LogP contribution in [-0.4, -0.2) is 77.6 Å². The zero-order valence-corrected chi connectivity index (χ0v) is 21.0. The molecule has 2 unspecified atom stereocenters. The Kier molecular flexibility index (Phi) is 18.6. The second-order valence-corrected chi connectivity index (χ2v) is 9.91. The molecule has 0 saturated heterocycles. The lowest BCUT2D eigenvalue weighted by Crippen LogP contribution is -2.45. The number of hydrogen-bond donors (Lipinski definition) is 4. The highest BCUT2D eigenvalue weighted by molar-refractivity contribution is 5.75. The summed E-state index contributed by atoms with van der Waals surface area (Å²) in [5.41, 5.74) is 0. The summed E-state index contributed by atoms with van der Waals surface area (Å²) in [5, 5.41) is 32.0. The van der Waals surface area contributed by atoms with E-state index in [-0.39, 0.29) is 12.5 Å². The number of amides is 1. The highest BCUT2D eigenvalue weighted by Crippen LogP contribution is 2.15. The molecule has 0 bridgehead atoms. The summed E-state index contributed by atoms with van der Waals surface area (Å²) in [7, 11) is 3.76. The first kappa shape index (κ1) is 30.8. The first-order valence-electron chi connectivity index (χ1n) is 12.8. The number of nitrogens with one attached hydrogen (secondary N) is 1. The molecule has 0 fully saturated rings. The molecule has 0 aromatic rings.